The Morgan fingerprint density at radius 2 is 1.63 bits per heavy atom. The number of hydrogen-bond donors (Lipinski definition) is 3. The molecular formula is C29H21N3O4S2. The standard InChI is InChI=1S/C29H21N3O4S2/c30-17-23-24(19-8-3-1-4-9-19)18-37-29(23)32-28(36)27(20-10-5-2-6-11-20)38-22-13-7-12-21(16-22)31-25(33)14-15-26(34)35/h1-16,18,27H,(H,31,33)(H,32,36)(H,34,35)/b15-14+. The van der Waals surface area contributed by atoms with Gasteiger partial charge in [0.15, 0.2) is 0 Å². The molecule has 188 valence electrons. The predicted octanol–water partition coefficient (Wildman–Crippen LogP) is 6.34. The van der Waals surface area contributed by atoms with Crippen LogP contribution in [0.25, 0.3) is 11.1 Å². The van der Waals surface area contributed by atoms with Gasteiger partial charge in [0.25, 0.3) is 0 Å². The third-order valence-corrected chi connectivity index (χ3v) is 7.44. The first-order valence-corrected chi connectivity index (χ1v) is 13.1. The molecule has 1 atom stereocenters. The van der Waals surface area contributed by atoms with E-state index in [9.17, 15) is 19.6 Å². The number of carboxylic acid groups (broad SMARTS) is 1. The van der Waals surface area contributed by atoms with E-state index in [1.807, 2.05) is 72.1 Å². The lowest BCUT2D eigenvalue weighted by Crippen LogP contribution is -2.19. The summed E-state index contributed by atoms with van der Waals surface area (Å²) in [4.78, 5) is 36.9. The molecule has 38 heavy (non-hydrogen) atoms. The van der Waals surface area contributed by atoms with Crippen LogP contribution >= 0.6 is 23.1 Å². The van der Waals surface area contributed by atoms with E-state index in [1.54, 1.807) is 18.2 Å². The number of nitrogens with one attached hydrogen (secondary N) is 2. The van der Waals surface area contributed by atoms with E-state index in [-0.39, 0.29) is 5.91 Å². The van der Waals surface area contributed by atoms with Crippen molar-refractivity contribution in [2.45, 2.75) is 10.1 Å². The molecule has 0 fully saturated rings. The maximum atomic E-state index is 13.6. The summed E-state index contributed by atoms with van der Waals surface area (Å²) in [6.07, 6.45) is 1.69. The second-order valence-corrected chi connectivity index (χ2v) is 9.98. The summed E-state index contributed by atoms with van der Waals surface area (Å²) in [6.45, 7) is 0. The molecule has 0 aliphatic carbocycles. The molecule has 0 radical (unpaired) electrons. The fraction of sp³-hybridized carbons (Fsp3) is 0.0345. The first kappa shape index (κ1) is 26.4. The Morgan fingerprint density at radius 1 is 0.921 bits per heavy atom. The summed E-state index contributed by atoms with van der Waals surface area (Å²) in [5.74, 6) is -2.09. The Morgan fingerprint density at radius 3 is 2.32 bits per heavy atom. The van der Waals surface area contributed by atoms with Crippen LogP contribution in [0.15, 0.2) is 107 Å². The minimum absolute atomic E-state index is 0.294. The normalized spacial score (nSPS) is 11.4. The molecule has 0 spiro atoms. The van der Waals surface area contributed by atoms with E-state index >= 15 is 0 Å². The van der Waals surface area contributed by atoms with Crippen molar-refractivity contribution >= 4 is 51.6 Å². The lowest BCUT2D eigenvalue weighted by atomic mass is 10.1. The van der Waals surface area contributed by atoms with Crippen molar-refractivity contribution in [3.05, 3.63) is 114 Å². The van der Waals surface area contributed by atoms with Gasteiger partial charge in [0, 0.05) is 33.7 Å². The molecule has 1 heterocycles. The quantitative estimate of drug-likeness (QED) is 0.169. The average Bonchev–Trinajstić information content (AvgIpc) is 3.34. The Hall–Kier alpha value is -4.65. The number of carbonyl (C=O) groups excluding carboxylic acids is 2. The van der Waals surface area contributed by atoms with E-state index in [2.05, 4.69) is 16.7 Å². The van der Waals surface area contributed by atoms with Crippen molar-refractivity contribution in [2.24, 2.45) is 0 Å². The van der Waals surface area contributed by atoms with Crippen LogP contribution in [0.2, 0.25) is 0 Å². The molecule has 2 amide bonds. The topological polar surface area (TPSA) is 119 Å². The van der Waals surface area contributed by atoms with Crippen molar-refractivity contribution in [2.75, 3.05) is 10.6 Å². The molecule has 3 N–H and O–H groups in total. The summed E-state index contributed by atoms with van der Waals surface area (Å²) >= 11 is 2.59. The summed E-state index contributed by atoms with van der Waals surface area (Å²) in [7, 11) is 0. The van der Waals surface area contributed by atoms with Crippen LogP contribution in [0.1, 0.15) is 16.4 Å². The van der Waals surface area contributed by atoms with Gasteiger partial charge in [0.2, 0.25) is 11.8 Å². The van der Waals surface area contributed by atoms with Gasteiger partial charge in [-0.2, -0.15) is 5.26 Å². The highest BCUT2D eigenvalue weighted by Gasteiger charge is 2.25. The number of carbonyl (C=O) groups is 3. The number of thiophene rings is 1. The Kier molecular flexibility index (Phi) is 8.72. The zero-order valence-electron chi connectivity index (χ0n) is 19.8. The van der Waals surface area contributed by atoms with Crippen LogP contribution in [-0.4, -0.2) is 22.9 Å². The molecule has 0 bridgehead atoms. The molecule has 3 aromatic carbocycles. The highest BCUT2D eigenvalue weighted by molar-refractivity contribution is 8.00. The zero-order valence-corrected chi connectivity index (χ0v) is 21.5. The summed E-state index contributed by atoms with van der Waals surface area (Å²) in [5, 5.41) is 25.8. The second-order valence-electron chi connectivity index (χ2n) is 7.92. The van der Waals surface area contributed by atoms with Crippen LogP contribution < -0.4 is 10.6 Å². The lowest BCUT2D eigenvalue weighted by Gasteiger charge is -2.17. The number of thioether (sulfide) groups is 1. The van der Waals surface area contributed by atoms with Gasteiger partial charge in [-0.3, -0.25) is 9.59 Å². The smallest absolute Gasteiger partial charge is 0.328 e. The maximum Gasteiger partial charge on any atom is 0.328 e. The van der Waals surface area contributed by atoms with E-state index in [0.29, 0.717) is 21.1 Å². The first-order valence-electron chi connectivity index (χ1n) is 11.4. The monoisotopic (exact) mass is 539 g/mol. The number of aliphatic carboxylic acids is 1. The molecule has 0 aliphatic heterocycles. The first-order chi connectivity index (χ1) is 18.4. The molecule has 1 aromatic heterocycles. The van der Waals surface area contributed by atoms with Crippen LogP contribution in [0.5, 0.6) is 0 Å². The fourth-order valence-electron chi connectivity index (χ4n) is 3.58. The average molecular weight is 540 g/mol. The van der Waals surface area contributed by atoms with Gasteiger partial charge in [-0.05, 0) is 29.3 Å². The van der Waals surface area contributed by atoms with Crippen molar-refractivity contribution in [3.8, 4) is 17.2 Å². The number of nitrogens with zero attached hydrogens (tertiary/aromatic N) is 1. The van der Waals surface area contributed by atoms with Crippen molar-refractivity contribution in [1.29, 1.82) is 5.26 Å². The molecule has 9 heteroatoms. The molecule has 4 rings (SSSR count). The predicted molar refractivity (Wildman–Crippen MR) is 150 cm³/mol. The molecule has 0 saturated carbocycles. The molecule has 7 nitrogen and oxygen atoms in total. The number of amides is 2. The molecule has 4 aromatic rings. The lowest BCUT2D eigenvalue weighted by molar-refractivity contribution is -0.131. The molecule has 1 unspecified atom stereocenters. The highest BCUT2D eigenvalue weighted by atomic mass is 32.2. The molecular weight excluding hydrogens is 518 g/mol. The van der Waals surface area contributed by atoms with Crippen LogP contribution in [0.3, 0.4) is 0 Å². The maximum absolute atomic E-state index is 13.6. The number of benzene rings is 3. The van der Waals surface area contributed by atoms with Gasteiger partial charge in [-0.15, -0.1) is 23.1 Å². The fourth-order valence-corrected chi connectivity index (χ4v) is 5.59. The Labute approximate surface area is 227 Å². The Bertz CT molecular complexity index is 1530. The summed E-state index contributed by atoms with van der Waals surface area (Å²) < 4.78 is 0. The minimum Gasteiger partial charge on any atom is -0.478 e. The minimum atomic E-state index is -1.22. The van der Waals surface area contributed by atoms with Crippen LogP contribution in [0.4, 0.5) is 10.7 Å². The summed E-state index contributed by atoms with van der Waals surface area (Å²) in [6, 6.07) is 28.0. The van der Waals surface area contributed by atoms with Gasteiger partial charge in [-0.25, -0.2) is 4.79 Å². The van der Waals surface area contributed by atoms with Gasteiger partial charge in [0.1, 0.15) is 16.3 Å². The Balaban J connectivity index is 1.58. The van der Waals surface area contributed by atoms with Crippen molar-refractivity contribution < 1.29 is 19.5 Å². The van der Waals surface area contributed by atoms with Crippen molar-refractivity contribution in [3.63, 3.8) is 0 Å². The number of carboxylic acids is 1. The third-order valence-electron chi connectivity index (χ3n) is 5.30. The summed E-state index contributed by atoms with van der Waals surface area (Å²) in [5.41, 5.74) is 3.29. The molecule has 0 saturated heterocycles. The number of rotatable bonds is 9. The van der Waals surface area contributed by atoms with Gasteiger partial charge in [-0.1, -0.05) is 66.7 Å². The van der Waals surface area contributed by atoms with E-state index in [1.165, 1.54) is 23.1 Å². The number of hydrogen-bond acceptors (Lipinski definition) is 6. The number of nitriles is 1. The largest absolute Gasteiger partial charge is 0.478 e. The van der Waals surface area contributed by atoms with Gasteiger partial charge in [0.05, 0.1) is 5.56 Å². The highest BCUT2D eigenvalue weighted by Crippen LogP contribution is 2.39. The van der Waals surface area contributed by atoms with Crippen LogP contribution in [0, 0.1) is 11.3 Å². The molecule has 0 aliphatic rings. The number of anilines is 2. The van der Waals surface area contributed by atoms with Crippen molar-refractivity contribution in [1.82, 2.24) is 0 Å². The van der Waals surface area contributed by atoms with E-state index in [0.717, 1.165) is 28.8 Å². The zero-order chi connectivity index (χ0) is 26.9. The third kappa shape index (κ3) is 6.76. The van der Waals surface area contributed by atoms with Gasteiger partial charge >= 0.3 is 5.97 Å². The van der Waals surface area contributed by atoms with Crippen LogP contribution in [-0.2, 0) is 14.4 Å². The van der Waals surface area contributed by atoms with E-state index < -0.39 is 17.1 Å². The van der Waals surface area contributed by atoms with E-state index in [4.69, 9.17) is 5.11 Å². The van der Waals surface area contributed by atoms with Gasteiger partial charge < -0.3 is 15.7 Å². The SMILES string of the molecule is N#Cc1c(-c2ccccc2)csc1NC(=O)C(Sc1cccc(NC(=O)/C=C/C(=O)O)c1)c1ccccc1. The second kappa shape index (κ2) is 12.5.